The Labute approximate surface area is 104 Å². The third-order valence-electron chi connectivity index (χ3n) is 4.47. The zero-order valence-electron chi connectivity index (χ0n) is 10.7. The smallest absolute Gasteiger partial charge is 0.0363 e. The van der Waals surface area contributed by atoms with E-state index < -0.39 is 0 Å². The summed E-state index contributed by atoms with van der Waals surface area (Å²) >= 11 is 0. The largest absolute Gasteiger partial charge is 0.398 e. The average Bonchev–Trinajstić information content (AvgIpc) is 2.74. The van der Waals surface area contributed by atoms with Gasteiger partial charge in [0.15, 0.2) is 0 Å². The second-order valence-corrected chi connectivity index (χ2v) is 5.82. The van der Waals surface area contributed by atoms with Crippen LogP contribution < -0.4 is 5.73 Å². The van der Waals surface area contributed by atoms with Gasteiger partial charge in [0.05, 0.1) is 0 Å². The Balaban J connectivity index is 1.75. The monoisotopic (exact) mass is 230 g/mol. The van der Waals surface area contributed by atoms with Crippen molar-refractivity contribution in [2.75, 3.05) is 5.73 Å². The summed E-state index contributed by atoms with van der Waals surface area (Å²) < 4.78 is 0. The molecular weight excluding hydrogens is 208 g/mol. The van der Waals surface area contributed by atoms with Crippen LogP contribution in [0, 0.1) is 5.92 Å². The molecular formula is C15H22N2. The SMILES string of the molecule is CC1CCCC(N2Cc3cccc(N)c3C2)C1. The van der Waals surface area contributed by atoms with Crippen LogP contribution in [0.2, 0.25) is 0 Å². The fraction of sp³-hybridized carbons (Fsp3) is 0.600. The molecule has 1 fully saturated rings. The van der Waals surface area contributed by atoms with Crippen LogP contribution in [-0.2, 0) is 13.1 Å². The van der Waals surface area contributed by atoms with Crippen molar-refractivity contribution in [2.45, 2.75) is 51.7 Å². The van der Waals surface area contributed by atoms with Crippen molar-refractivity contribution >= 4 is 5.69 Å². The lowest BCUT2D eigenvalue weighted by molar-refractivity contribution is 0.134. The summed E-state index contributed by atoms with van der Waals surface area (Å²) in [5, 5.41) is 0. The number of nitrogens with two attached hydrogens (primary N) is 1. The van der Waals surface area contributed by atoms with Gasteiger partial charge in [0.25, 0.3) is 0 Å². The molecule has 3 rings (SSSR count). The maximum absolute atomic E-state index is 6.06. The van der Waals surface area contributed by atoms with E-state index in [1.165, 1.54) is 36.8 Å². The number of rotatable bonds is 1. The predicted molar refractivity (Wildman–Crippen MR) is 71.5 cm³/mol. The quantitative estimate of drug-likeness (QED) is 0.751. The van der Waals surface area contributed by atoms with Crippen molar-refractivity contribution in [1.29, 1.82) is 0 Å². The highest BCUT2D eigenvalue weighted by Gasteiger charge is 2.29. The van der Waals surface area contributed by atoms with E-state index >= 15 is 0 Å². The molecule has 1 heterocycles. The average molecular weight is 230 g/mol. The Morgan fingerprint density at radius 2 is 2.12 bits per heavy atom. The van der Waals surface area contributed by atoms with Gasteiger partial charge in [0.2, 0.25) is 0 Å². The van der Waals surface area contributed by atoms with Crippen LogP contribution in [0.25, 0.3) is 0 Å². The first-order valence-electron chi connectivity index (χ1n) is 6.84. The van der Waals surface area contributed by atoms with Crippen LogP contribution >= 0.6 is 0 Å². The number of hydrogen-bond donors (Lipinski definition) is 1. The summed E-state index contributed by atoms with van der Waals surface area (Å²) in [5.74, 6) is 0.898. The third-order valence-corrected chi connectivity index (χ3v) is 4.47. The summed E-state index contributed by atoms with van der Waals surface area (Å²) in [6.07, 6.45) is 5.56. The molecule has 92 valence electrons. The lowest BCUT2D eigenvalue weighted by atomic mass is 9.86. The van der Waals surface area contributed by atoms with E-state index in [1.54, 1.807) is 0 Å². The second kappa shape index (κ2) is 4.34. The number of fused-ring (bicyclic) bond motifs is 1. The first-order valence-corrected chi connectivity index (χ1v) is 6.84. The molecule has 1 aromatic carbocycles. The molecule has 2 heteroatoms. The molecule has 0 spiro atoms. The molecule has 0 bridgehead atoms. The van der Waals surface area contributed by atoms with Crippen LogP contribution in [0.3, 0.4) is 0 Å². The molecule has 0 saturated heterocycles. The molecule has 17 heavy (non-hydrogen) atoms. The van der Waals surface area contributed by atoms with Crippen LogP contribution in [0.4, 0.5) is 5.69 Å². The predicted octanol–water partition coefficient (Wildman–Crippen LogP) is 3.16. The fourth-order valence-corrected chi connectivity index (χ4v) is 3.47. The molecule has 0 aromatic heterocycles. The van der Waals surface area contributed by atoms with Gasteiger partial charge < -0.3 is 5.73 Å². The van der Waals surface area contributed by atoms with Crippen molar-refractivity contribution in [3.63, 3.8) is 0 Å². The standard InChI is InChI=1S/C15H22N2/c1-11-4-2-6-13(8-11)17-9-12-5-3-7-15(16)14(12)10-17/h3,5,7,11,13H,2,4,6,8-10,16H2,1H3. The van der Waals surface area contributed by atoms with Crippen LogP contribution in [0.1, 0.15) is 43.7 Å². The molecule has 2 unspecified atom stereocenters. The topological polar surface area (TPSA) is 29.3 Å². The lowest BCUT2D eigenvalue weighted by Crippen LogP contribution is -2.34. The van der Waals surface area contributed by atoms with E-state index in [0.717, 1.165) is 30.7 Å². The number of nitrogen functional groups attached to an aromatic ring is 1. The van der Waals surface area contributed by atoms with Crippen molar-refractivity contribution in [1.82, 2.24) is 4.90 Å². The van der Waals surface area contributed by atoms with E-state index in [1.807, 2.05) is 6.07 Å². The van der Waals surface area contributed by atoms with E-state index in [9.17, 15) is 0 Å². The summed E-state index contributed by atoms with van der Waals surface area (Å²) in [6, 6.07) is 7.14. The first-order chi connectivity index (χ1) is 8.24. The van der Waals surface area contributed by atoms with E-state index in [2.05, 4.69) is 24.0 Å². The minimum Gasteiger partial charge on any atom is -0.398 e. The molecule has 0 radical (unpaired) electrons. The molecule has 0 amide bonds. The van der Waals surface area contributed by atoms with Gasteiger partial charge in [0.1, 0.15) is 0 Å². The fourth-order valence-electron chi connectivity index (χ4n) is 3.47. The highest BCUT2D eigenvalue weighted by molar-refractivity contribution is 5.52. The molecule has 2 N–H and O–H groups in total. The third kappa shape index (κ3) is 2.06. The normalized spacial score (nSPS) is 29.2. The van der Waals surface area contributed by atoms with Crippen LogP contribution in [-0.4, -0.2) is 10.9 Å². The number of anilines is 1. The summed E-state index contributed by atoms with van der Waals surface area (Å²) in [7, 11) is 0. The van der Waals surface area contributed by atoms with Gasteiger partial charge in [-0.15, -0.1) is 0 Å². The molecule has 2 atom stereocenters. The first kappa shape index (κ1) is 11.1. The minimum absolute atomic E-state index is 0.783. The van der Waals surface area contributed by atoms with Gasteiger partial charge in [-0.3, -0.25) is 4.90 Å². The van der Waals surface area contributed by atoms with Crippen molar-refractivity contribution in [3.8, 4) is 0 Å². The second-order valence-electron chi connectivity index (χ2n) is 5.82. The van der Waals surface area contributed by atoms with E-state index in [4.69, 9.17) is 5.73 Å². The highest BCUT2D eigenvalue weighted by Crippen LogP contribution is 2.34. The zero-order valence-corrected chi connectivity index (χ0v) is 10.7. The molecule has 1 aromatic rings. The van der Waals surface area contributed by atoms with Gasteiger partial charge in [0, 0.05) is 24.8 Å². The van der Waals surface area contributed by atoms with Crippen LogP contribution in [0.5, 0.6) is 0 Å². The summed E-state index contributed by atoms with van der Waals surface area (Å²) in [6.45, 7) is 4.57. The van der Waals surface area contributed by atoms with Crippen molar-refractivity contribution < 1.29 is 0 Å². The van der Waals surface area contributed by atoms with Gasteiger partial charge in [-0.2, -0.15) is 0 Å². The van der Waals surface area contributed by atoms with Crippen molar-refractivity contribution in [2.24, 2.45) is 5.92 Å². The number of hydrogen-bond acceptors (Lipinski definition) is 2. The maximum atomic E-state index is 6.06. The van der Waals surface area contributed by atoms with E-state index in [-0.39, 0.29) is 0 Å². The van der Waals surface area contributed by atoms with Gasteiger partial charge >= 0.3 is 0 Å². The maximum Gasteiger partial charge on any atom is 0.0363 e. The summed E-state index contributed by atoms with van der Waals surface area (Å²) in [5.41, 5.74) is 9.87. The Bertz CT molecular complexity index is 413. The number of nitrogens with zero attached hydrogens (tertiary/aromatic N) is 1. The van der Waals surface area contributed by atoms with Gasteiger partial charge in [-0.05, 0) is 36.0 Å². The van der Waals surface area contributed by atoms with Crippen molar-refractivity contribution in [3.05, 3.63) is 29.3 Å². The Hall–Kier alpha value is -1.02. The molecule has 1 aliphatic carbocycles. The Morgan fingerprint density at radius 1 is 1.24 bits per heavy atom. The number of benzene rings is 1. The zero-order chi connectivity index (χ0) is 11.8. The van der Waals surface area contributed by atoms with Crippen LogP contribution in [0.15, 0.2) is 18.2 Å². The molecule has 2 nitrogen and oxygen atoms in total. The summed E-state index contributed by atoms with van der Waals surface area (Å²) in [4.78, 5) is 2.64. The molecule has 1 saturated carbocycles. The van der Waals surface area contributed by atoms with Gasteiger partial charge in [-0.1, -0.05) is 31.9 Å². The Morgan fingerprint density at radius 3 is 2.88 bits per heavy atom. The molecule has 2 aliphatic rings. The lowest BCUT2D eigenvalue weighted by Gasteiger charge is -2.33. The molecule has 1 aliphatic heterocycles. The Kier molecular flexibility index (Phi) is 2.83. The van der Waals surface area contributed by atoms with Gasteiger partial charge in [-0.25, -0.2) is 0 Å². The highest BCUT2D eigenvalue weighted by atomic mass is 15.2. The minimum atomic E-state index is 0.783. The van der Waals surface area contributed by atoms with E-state index in [0.29, 0.717) is 0 Å².